The van der Waals surface area contributed by atoms with Crippen LogP contribution in [0.2, 0.25) is 0 Å². The van der Waals surface area contributed by atoms with E-state index in [0.717, 1.165) is 27.3 Å². The highest BCUT2D eigenvalue weighted by Gasteiger charge is 2.78. The first-order chi connectivity index (χ1) is 41.3. The van der Waals surface area contributed by atoms with E-state index in [-0.39, 0.29) is 100 Å². The molecular weight excluding hydrogens is 1130 g/mol. The van der Waals surface area contributed by atoms with Crippen molar-refractivity contribution in [1.29, 1.82) is 0 Å². The summed E-state index contributed by atoms with van der Waals surface area (Å²) in [6.45, 7) is 14.1. The van der Waals surface area contributed by atoms with E-state index in [2.05, 4.69) is 36.2 Å². The molecule has 5 amide bonds. The number of carbonyl (C=O) groups excluding carboxylic acids is 5. The number of anilines is 1. The van der Waals surface area contributed by atoms with Gasteiger partial charge in [0, 0.05) is 80.1 Å². The van der Waals surface area contributed by atoms with E-state index >= 15 is 0 Å². The van der Waals surface area contributed by atoms with Crippen molar-refractivity contribution in [2.75, 3.05) is 104 Å². The van der Waals surface area contributed by atoms with Crippen molar-refractivity contribution in [1.82, 2.24) is 45.4 Å². The van der Waals surface area contributed by atoms with E-state index in [1.807, 2.05) is 87.8 Å². The molecular formula is C61H80F2N10O12S. The van der Waals surface area contributed by atoms with E-state index in [1.54, 1.807) is 40.2 Å². The van der Waals surface area contributed by atoms with Crippen molar-refractivity contribution in [3.05, 3.63) is 106 Å². The van der Waals surface area contributed by atoms with Crippen molar-refractivity contribution in [2.24, 2.45) is 22.7 Å². The lowest BCUT2D eigenvalue weighted by Gasteiger charge is -2.43. The van der Waals surface area contributed by atoms with Crippen molar-refractivity contribution in [3.63, 3.8) is 0 Å². The van der Waals surface area contributed by atoms with E-state index in [0.29, 0.717) is 89.5 Å². The van der Waals surface area contributed by atoms with Gasteiger partial charge in [-0.1, -0.05) is 82.3 Å². The third-order valence-electron chi connectivity index (χ3n) is 16.5. The van der Waals surface area contributed by atoms with E-state index in [4.69, 9.17) is 28.4 Å². The Labute approximate surface area is 503 Å². The molecule has 0 bridgehead atoms. The Balaban J connectivity index is 0.559. The Morgan fingerprint density at radius 2 is 1.45 bits per heavy atom. The van der Waals surface area contributed by atoms with Gasteiger partial charge in [-0.05, 0) is 35.4 Å². The Hall–Kier alpha value is -6.58. The highest BCUT2D eigenvalue weighted by atomic mass is 32.1. The van der Waals surface area contributed by atoms with Crippen molar-refractivity contribution in [2.45, 2.75) is 103 Å². The van der Waals surface area contributed by atoms with Crippen LogP contribution in [-0.2, 0) is 67.0 Å². The van der Waals surface area contributed by atoms with Crippen LogP contribution in [0.5, 0.6) is 0 Å². The number of H-pyrrole nitrogens is 1. The average molecular weight is 1220 g/mol. The second-order valence-corrected chi connectivity index (χ2v) is 24.6. The lowest BCUT2D eigenvalue weighted by Crippen LogP contribution is -2.57. The molecule has 25 heteroatoms. The molecule has 86 heavy (non-hydrogen) atoms. The minimum absolute atomic E-state index is 0.0114. The molecule has 2 saturated heterocycles. The van der Waals surface area contributed by atoms with Gasteiger partial charge in [0.25, 0.3) is 11.8 Å². The summed E-state index contributed by atoms with van der Waals surface area (Å²) in [5, 5.41) is 30.8. The first-order valence-electron chi connectivity index (χ1n) is 29.5. The topological polar surface area (TPSA) is 263 Å². The lowest BCUT2D eigenvalue weighted by molar-refractivity contribution is -0.144. The maximum atomic E-state index is 14.5. The summed E-state index contributed by atoms with van der Waals surface area (Å²) < 4.78 is 64.4. The zero-order valence-corrected chi connectivity index (χ0v) is 50.3. The molecule has 3 aromatic heterocycles. The van der Waals surface area contributed by atoms with Crippen LogP contribution < -0.4 is 16.0 Å². The second kappa shape index (κ2) is 29.0. The number of nitrogens with zero attached hydrogens (tertiary/aromatic N) is 6. The van der Waals surface area contributed by atoms with Gasteiger partial charge in [0.05, 0.1) is 126 Å². The van der Waals surface area contributed by atoms with Gasteiger partial charge in [-0.15, -0.1) is 11.3 Å². The number of rotatable bonds is 32. The number of β-amino-alcohol motifs (C(OH)–C–C–N with tert-alkyl or cyclic N) is 1. The number of likely N-dealkylation sites (tertiary alicyclic amines) is 2. The number of fused-ring (bicyclic) bond motifs is 2. The molecule has 2 aliphatic carbocycles. The number of benzene rings is 2. The van der Waals surface area contributed by atoms with Gasteiger partial charge in [-0.2, -0.15) is 10.2 Å². The smallest absolute Gasteiger partial charge is 0.276 e. The maximum Gasteiger partial charge on any atom is 0.276 e. The monoisotopic (exact) mass is 1210 g/mol. The molecule has 466 valence electrons. The van der Waals surface area contributed by atoms with Crippen molar-refractivity contribution >= 4 is 46.6 Å². The Kier molecular flexibility index (Phi) is 21.5. The van der Waals surface area contributed by atoms with E-state index < -0.39 is 52.7 Å². The van der Waals surface area contributed by atoms with E-state index in [1.165, 1.54) is 4.90 Å². The first-order valence-corrected chi connectivity index (χ1v) is 30.3. The predicted molar refractivity (Wildman–Crippen MR) is 313 cm³/mol. The molecule has 2 unspecified atom stereocenters. The van der Waals surface area contributed by atoms with Crippen LogP contribution in [0.15, 0.2) is 72.5 Å². The number of aliphatic hydroxyl groups excluding tert-OH is 1. The molecule has 22 nitrogen and oxygen atoms in total. The van der Waals surface area contributed by atoms with Crippen LogP contribution in [0.1, 0.15) is 91.6 Å². The normalized spacial score (nSPS) is 20.4. The number of aryl methyl sites for hydroxylation is 1. The Bertz CT molecular complexity index is 3080. The molecule has 5 N–H and O–H groups in total. The quantitative estimate of drug-likeness (QED) is 0.0338. The number of alkyl halides is 2. The Morgan fingerprint density at radius 3 is 2.06 bits per heavy atom. The molecule has 2 aromatic carbocycles. The summed E-state index contributed by atoms with van der Waals surface area (Å²) in [7, 11) is 0. The summed E-state index contributed by atoms with van der Waals surface area (Å²) in [6.07, 6.45) is 3.01. The average Bonchev–Trinajstić information content (AvgIpc) is 1.52. The number of halogens is 2. The molecule has 3 fully saturated rings. The number of nitrogens with one attached hydrogen (secondary N) is 4. The SMILES string of the molecule is Cc1ncsc1-c1ccc(CNC(=O)[C@@H]2C[C@@H](O)CN2C(=O)C(NC(=O)CCOCCOCCOCCOCCOCCOCCC(=O)N2CC(C(c3ccccc3)n3cc(NC(=O)c4n[nH]c5c4C[C@@H]4C(F)(F)[C@]4(C)C5)cn3)C2)C(C)(C)C)cc1. The summed E-state index contributed by atoms with van der Waals surface area (Å²) in [6, 6.07) is 15.7. The van der Waals surface area contributed by atoms with Gasteiger partial charge in [0.1, 0.15) is 12.1 Å². The highest BCUT2D eigenvalue weighted by molar-refractivity contribution is 7.13. The van der Waals surface area contributed by atoms with Crippen LogP contribution in [0.4, 0.5) is 14.5 Å². The summed E-state index contributed by atoms with van der Waals surface area (Å²) in [5.74, 6) is -5.19. The number of carbonyl (C=O) groups is 5. The molecule has 5 aromatic rings. The standard InChI is InChI=1S/C61H80F2N10O12S/c1-39-54(86-38-65-39)42-13-11-40(12-14-42)32-64-56(77)48-29-45(74)37-72(48)58(79)55(59(2,3)4)68-50(75)15-17-80-19-21-82-23-25-84-27-28-85-26-24-83-22-20-81-18-16-51(76)71-34-43(35-71)53(41-9-7-6-8-10-41)73-36-44(33-66-73)67-57(78)52-46-30-49-60(5,61(49,62)63)31-47(46)69-70-52/h6-14,33,36,38,43,45,48-49,53,55,74H,15-32,34-35,37H2,1-5H3,(H,64,77)(H,67,78)(H,68,75)(H,69,70)/t45-,48+,49+,53?,55?,60-/m1/s1. The molecule has 9 rings (SSSR count). The van der Waals surface area contributed by atoms with Crippen LogP contribution in [-0.4, -0.2) is 192 Å². The maximum absolute atomic E-state index is 14.5. The highest BCUT2D eigenvalue weighted by Crippen LogP contribution is 2.70. The second-order valence-electron chi connectivity index (χ2n) is 23.7. The van der Waals surface area contributed by atoms with Crippen molar-refractivity contribution in [3.8, 4) is 10.4 Å². The third-order valence-corrected chi connectivity index (χ3v) is 17.5. The van der Waals surface area contributed by atoms with Gasteiger partial charge in [0.15, 0.2) is 5.69 Å². The fourth-order valence-electron chi connectivity index (χ4n) is 11.4. The zero-order valence-electron chi connectivity index (χ0n) is 49.5. The molecule has 1 saturated carbocycles. The first kappa shape index (κ1) is 63.9. The van der Waals surface area contributed by atoms with Crippen molar-refractivity contribution < 1.29 is 66.3 Å². The molecule has 6 atom stereocenters. The number of hydrogen-bond donors (Lipinski definition) is 5. The largest absolute Gasteiger partial charge is 0.391 e. The number of aliphatic hydroxyl groups is 1. The predicted octanol–water partition coefficient (Wildman–Crippen LogP) is 5.40. The number of ether oxygens (including phenoxy) is 6. The van der Waals surface area contributed by atoms with Crippen LogP contribution in [0, 0.1) is 29.6 Å². The molecule has 5 heterocycles. The molecule has 0 radical (unpaired) electrons. The van der Waals surface area contributed by atoms with Gasteiger partial charge in [-0.25, -0.2) is 13.8 Å². The minimum atomic E-state index is -2.76. The van der Waals surface area contributed by atoms with Gasteiger partial charge < -0.3 is 59.3 Å². The summed E-state index contributed by atoms with van der Waals surface area (Å²) >= 11 is 1.57. The number of thiazole rings is 1. The number of hydrogen-bond acceptors (Lipinski definition) is 16. The Morgan fingerprint density at radius 1 is 0.837 bits per heavy atom. The van der Waals surface area contributed by atoms with Crippen LogP contribution >= 0.6 is 11.3 Å². The van der Waals surface area contributed by atoms with Crippen LogP contribution in [0.3, 0.4) is 0 Å². The van der Waals surface area contributed by atoms with Gasteiger partial charge >= 0.3 is 0 Å². The number of aromatic nitrogens is 5. The molecule has 0 spiro atoms. The number of aromatic amines is 1. The van der Waals surface area contributed by atoms with Gasteiger partial charge in [0.2, 0.25) is 23.6 Å². The summed E-state index contributed by atoms with van der Waals surface area (Å²) in [4.78, 5) is 75.4. The fraction of sp³-hybridized carbons (Fsp3) is 0.574. The third kappa shape index (κ3) is 15.8. The zero-order chi connectivity index (χ0) is 61.0. The lowest BCUT2D eigenvalue weighted by atomic mass is 9.85. The fourth-order valence-corrected chi connectivity index (χ4v) is 12.3. The van der Waals surface area contributed by atoms with Gasteiger partial charge in [-0.3, -0.25) is 33.8 Å². The molecule has 4 aliphatic rings. The molecule has 2 aliphatic heterocycles. The summed E-state index contributed by atoms with van der Waals surface area (Å²) in [5.41, 5.74) is 5.61. The number of amides is 5. The van der Waals surface area contributed by atoms with Crippen LogP contribution in [0.25, 0.3) is 10.4 Å². The minimum Gasteiger partial charge on any atom is -0.391 e. The van der Waals surface area contributed by atoms with E-state index in [9.17, 15) is 37.9 Å².